The van der Waals surface area contributed by atoms with E-state index in [1.54, 1.807) is 111 Å². The summed E-state index contributed by atoms with van der Waals surface area (Å²) in [5.74, 6) is -1.39. The summed E-state index contributed by atoms with van der Waals surface area (Å²) < 4.78 is 76.4. The second-order valence-corrected chi connectivity index (χ2v) is 19.4. The van der Waals surface area contributed by atoms with Crippen LogP contribution in [0.2, 0.25) is 10.0 Å². The number of hydrogen-bond donors (Lipinski definition) is 4. The number of amides is 1. The van der Waals surface area contributed by atoms with Crippen molar-refractivity contribution < 1.29 is 55.5 Å². The van der Waals surface area contributed by atoms with Gasteiger partial charge in [-0.05, 0) is 110 Å². The van der Waals surface area contributed by atoms with Gasteiger partial charge < -0.3 is 30.1 Å². The van der Waals surface area contributed by atoms with E-state index in [1.807, 2.05) is 13.8 Å². The average Bonchev–Trinajstić information content (AvgIpc) is 3.34. The van der Waals surface area contributed by atoms with Gasteiger partial charge in [-0.2, -0.15) is 21.9 Å². The van der Waals surface area contributed by atoms with Crippen molar-refractivity contribution in [3.63, 3.8) is 0 Å². The van der Waals surface area contributed by atoms with Gasteiger partial charge in [-0.1, -0.05) is 102 Å². The largest absolute Gasteiger partial charge is 2.00 e. The number of nitrogens with one attached hydrogen (secondary N) is 1. The fourth-order valence-corrected chi connectivity index (χ4v) is 9.52. The Labute approximate surface area is 470 Å². The molecule has 0 aliphatic heterocycles. The number of aliphatic imine (C=N–C) groups is 1. The third kappa shape index (κ3) is 13.6. The van der Waals surface area contributed by atoms with Gasteiger partial charge in [0.25, 0.3) is 26.1 Å². The van der Waals surface area contributed by atoms with Crippen LogP contribution in [0.15, 0.2) is 169 Å². The molecular formula is C52H42CaCl2N6O12S2. The molecule has 8 aromatic rings. The van der Waals surface area contributed by atoms with Crippen LogP contribution >= 0.6 is 23.2 Å². The number of anilines is 1. The van der Waals surface area contributed by atoms with Crippen molar-refractivity contribution in [2.45, 2.75) is 37.5 Å². The summed E-state index contributed by atoms with van der Waals surface area (Å²) in [7, 11) is -9.21. The van der Waals surface area contributed by atoms with Crippen LogP contribution in [0.3, 0.4) is 0 Å². The number of fused-ring (bicyclic) bond motifs is 2. The first-order valence-electron chi connectivity index (χ1n) is 22.1. The number of rotatable bonds is 14. The molecule has 4 N–H and O–H groups in total. The molecule has 0 saturated heterocycles. The van der Waals surface area contributed by atoms with Gasteiger partial charge >= 0.3 is 37.7 Å². The predicted molar refractivity (Wildman–Crippen MR) is 284 cm³/mol. The Balaban J connectivity index is 0.000000241. The second-order valence-electron chi connectivity index (χ2n) is 15.9. The van der Waals surface area contributed by atoms with Gasteiger partial charge in [0.15, 0.2) is 5.75 Å². The van der Waals surface area contributed by atoms with Crippen molar-refractivity contribution in [3.05, 3.63) is 166 Å². The molecule has 0 radical (unpaired) electrons. The summed E-state index contributed by atoms with van der Waals surface area (Å²) in [5, 5.41) is 58.0. The van der Waals surface area contributed by atoms with Crippen molar-refractivity contribution in [1.29, 1.82) is 0 Å². The number of phenols is 1. The molecule has 0 fully saturated rings. The maximum atomic E-state index is 13.4. The van der Waals surface area contributed by atoms with Crippen molar-refractivity contribution in [2.24, 2.45) is 25.4 Å². The van der Waals surface area contributed by atoms with Crippen molar-refractivity contribution in [1.82, 2.24) is 0 Å². The first-order valence-corrected chi connectivity index (χ1v) is 25.7. The minimum atomic E-state index is -4.61. The van der Waals surface area contributed by atoms with Crippen LogP contribution in [0.1, 0.15) is 40.9 Å². The van der Waals surface area contributed by atoms with Crippen LogP contribution in [0, 0.1) is 13.8 Å². The molecule has 23 heteroatoms. The first kappa shape index (κ1) is 57.6. The van der Waals surface area contributed by atoms with Crippen LogP contribution in [-0.4, -0.2) is 93.8 Å². The van der Waals surface area contributed by atoms with Gasteiger partial charge in [0.1, 0.15) is 38.4 Å². The fourth-order valence-electron chi connectivity index (χ4n) is 7.30. The van der Waals surface area contributed by atoms with E-state index in [0.717, 1.165) is 12.1 Å². The molecule has 0 bridgehead atoms. The van der Waals surface area contributed by atoms with E-state index in [2.05, 4.69) is 30.8 Å². The summed E-state index contributed by atoms with van der Waals surface area (Å²) in [5.41, 5.74) is 1.23. The first-order chi connectivity index (χ1) is 35.2. The maximum Gasteiger partial charge on any atom is 2.00 e. The second kappa shape index (κ2) is 24.7. The molecule has 0 aromatic heterocycles. The molecule has 0 spiro atoms. The Hall–Kier alpha value is -6.72. The fraction of sp³-hybridized carbons (Fsp3) is 0.115. The zero-order valence-corrected chi connectivity index (χ0v) is 45.5. The monoisotopic (exact) mass is 1120 g/mol. The van der Waals surface area contributed by atoms with Crippen LogP contribution in [-0.2, 0) is 20.2 Å². The SMILES string of the molecule is CCOc1cccc(N=C([O-])c2cc3ccccc3c(N=Nc3c(C)ccc(S(=O)(=O)O)c3Cl)c2[O-])c1.CCOc1cccc(NC(=O)c2cc3ccccc3c(N=Nc3c(C)ccc(S(=O)(=O)O)c3Cl)c2O)c1.[Ca+2]. The molecule has 8 rings (SSSR count). The maximum absolute atomic E-state index is 13.4. The van der Waals surface area contributed by atoms with Gasteiger partial charge in [0.05, 0.1) is 40.2 Å². The van der Waals surface area contributed by atoms with E-state index >= 15 is 0 Å². The van der Waals surface area contributed by atoms with E-state index in [9.17, 15) is 46.1 Å². The number of aromatic hydroxyl groups is 1. The third-order valence-corrected chi connectivity index (χ3v) is 13.6. The third-order valence-electron chi connectivity index (χ3n) is 10.8. The number of carbonyl (C=O) groups is 1. The zero-order valence-electron chi connectivity index (χ0n) is 40.1. The summed E-state index contributed by atoms with van der Waals surface area (Å²) in [6.45, 7) is 7.83. The van der Waals surface area contributed by atoms with Crippen LogP contribution in [0.4, 0.5) is 34.1 Å². The van der Waals surface area contributed by atoms with Crippen LogP contribution in [0.25, 0.3) is 21.5 Å². The van der Waals surface area contributed by atoms with Crippen molar-refractivity contribution >= 4 is 149 Å². The predicted octanol–water partition coefficient (Wildman–Crippen LogP) is 11.8. The molecule has 0 aliphatic rings. The number of ether oxygens (including phenoxy) is 2. The minimum absolute atomic E-state index is 0. The molecule has 8 aromatic carbocycles. The molecule has 380 valence electrons. The van der Waals surface area contributed by atoms with E-state index in [1.165, 1.54) is 24.3 Å². The van der Waals surface area contributed by atoms with Gasteiger partial charge in [-0.25, -0.2) is 0 Å². The van der Waals surface area contributed by atoms with Crippen LogP contribution in [0.5, 0.6) is 23.0 Å². The van der Waals surface area contributed by atoms with E-state index < -0.39 is 53.3 Å². The van der Waals surface area contributed by atoms with Gasteiger partial charge in [-0.15, -0.1) is 15.3 Å². The van der Waals surface area contributed by atoms with Gasteiger partial charge in [0.2, 0.25) is 0 Å². The molecule has 0 unspecified atom stereocenters. The minimum Gasteiger partial charge on any atom is -0.871 e. The summed E-state index contributed by atoms with van der Waals surface area (Å²) in [6, 6.07) is 35.2. The topological polar surface area (TPSA) is 284 Å². The molecular weight excluding hydrogens is 1080 g/mol. The molecule has 75 heavy (non-hydrogen) atoms. The molecule has 0 heterocycles. The Kier molecular flexibility index (Phi) is 19.0. The normalized spacial score (nSPS) is 11.9. The Morgan fingerprint density at radius 3 is 1.61 bits per heavy atom. The summed E-state index contributed by atoms with van der Waals surface area (Å²) in [6.07, 6.45) is 0. The summed E-state index contributed by atoms with van der Waals surface area (Å²) >= 11 is 12.4. The number of nitrogens with zero attached hydrogens (tertiary/aromatic N) is 5. The van der Waals surface area contributed by atoms with Crippen molar-refractivity contribution in [2.75, 3.05) is 18.5 Å². The molecule has 1 amide bonds. The Bertz CT molecular complexity index is 3830. The zero-order chi connectivity index (χ0) is 53.5. The number of benzene rings is 8. The smallest absolute Gasteiger partial charge is 0.871 e. The number of aryl methyl sites for hydroxylation is 2. The van der Waals surface area contributed by atoms with E-state index in [4.69, 9.17) is 32.7 Å². The number of phenolic OH excluding ortho intramolecular Hbond substituents is 1. The number of azo groups is 2. The average molecular weight is 1120 g/mol. The quantitative estimate of drug-likeness (QED) is 0.0260. The van der Waals surface area contributed by atoms with E-state index in [0.29, 0.717) is 68.8 Å². The number of carbonyl (C=O) groups excluding carboxylic acids is 1. The van der Waals surface area contributed by atoms with Crippen molar-refractivity contribution in [3.8, 4) is 23.0 Å². The number of hydrogen-bond acceptors (Lipinski definition) is 15. The van der Waals surface area contributed by atoms with E-state index in [-0.39, 0.29) is 81.7 Å². The molecule has 0 aliphatic carbocycles. The standard InChI is InChI=1S/2C26H22ClN3O6S.Ca/c2*1-3-36-18-9-6-8-17(14-18)28-26(32)20-13-16-7-4-5-10-19(16)24(25(20)31)30-29-23-15(2)11-12-21(22(23)27)37(33,34)35;/h2*4-14,31H,3H2,1-2H3,(H,28,32)(H,33,34,35);/q;;+2/p-2. The Morgan fingerprint density at radius 2 is 1.08 bits per heavy atom. The summed E-state index contributed by atoms with van der Waals surface area (Å²) in [4.78, 5) is 16.1. The molecule has 18 nitrogen and oxygen atoms in total. The Morgan fingerprint density at radius 1 is 0.613 bits per heavy atom. The van der Waals surface area contributed by atoms with Gasteiger partial charge in [0, 0.05) is 28.6 Å². The molecule has 0 saturated carbocycles. The number of halogens is 2. The van der Waals surface area contributed by atoms with Crippen LogP contribution < -0.4 is 25.0 Å². The van der Waals surface area contributed by atoms with Gasteiger partial charge in [-0.3, -0.25) is 18.9 Å². The molecule has 0 atom stereocenters.